The molecule has 2 aromatic carbocycles. The number of amides is 1. The number of hydrogen-bond donors (Lipinski definition) is 1. The number of hydrogen-bond acceptors (Lipinski definition) is 6. The van der Waals surface area contributed by atoms with Gasteiger partial charge in [0.25, 0.3) is 11.6 Å². The Labute approximate surface area is 170 Å². The first-order chi connectivity index (χ1) is 14.0. The molecule has 1 saturated heterocycles. The van der Waals surface area contributed by atoms with Crippen molar-refractivity contribution in [1.82, 2.24) is 4.90 Å². The first-order valence-electron chi connectivity index (χ1n) is 9.66. The maximum atomic E-state index is 13.0. The third-order valence-corrected chi connectivity index (χ3v) is 5.12. The largest absolute Gasteiger partial charge is 0.496 e. The second kappa shape index (κ2) is 8.81. The number of para-hydroxylation sites is 1. The highest BCUT2D eigenvalue weighted by atomic mass is 16.6. The van der Waals surface area contributed by atoms with Gasteiger partial charge in [-0.1, -0.05) is 12.1 Å². The molecule has 0 bridgehead atoms. The Bertz CT molecular complexity index is 908. The Kier molecular flexibility index (Phi) is 6.21. The van der Waals surface area contributed by atoms with Crippen molar-refractivity contribution >= 4 is 23.0 Å². The molecule has 1 heterocycles. The number of ether oxygens (including phenoxy) is 1. The Morgan fingerprint density at radius 1 is 1.21 bits per heavy atom. The molecule has 0 atom stereocenters. The lowest BCUT2D eigenvalue weighted by molar-refractivity contribution is -0.383. The summed E-state index contributed by atoms with van der Waals surface area (Å²) >= 11 is 0. The van der Waals surface area contributed by atoms with Crippen molar-refractivity contribution in [3.63, 3.8) is 0 Å². The normalized spacial score (nSPS) is 13.9. The minimum atomic E-state index is -0.381. The van der Waals surface area contributed by atoms with E-state index in [1.54, 1.807) is 19.2 Å². The van der Waals surface area contributed by atoms with Gasteiger partial charge in [-0.15, -0.1) is 0 Å². The topological polar surface area (TPSA) is 88.0 Å². The van der Waals surface area contributed by atoms with Crippen LogP contribution in [0.3, 0.4) is 0 Å². The molecule has 2 aromatic rings. The van der Waals surface area contributed by atoms with Gasteiger partial charge < -0.3 is 19.9 Å². The number of methoxy groups -OCH3 is 1. The quantitative estimate of drug-likeness (QED) is 0.593. The Balaban J connectivity index is 1.72. The van der Waals surface area contributed by atoms with Gasteiger partial charge >= 0.3 is 0 Å². The number of carbonyl (C=O) groups excluding carboxylic acids is 1. The molecule has 29 heavy (non-hydrogen) atoms. The molecule has 1 aliphatic rings. The highest BCUT2D eigenvalue weighted by Gasteiger charge is 2.25. The van der Waals surface area contributed by atoms with Crippen molar-refractivity contribution < 1.29 is 14.5 Å². The zero-order valence-electron chi connectivity index (χ0n) is 17.0. The van der Waals surface area contributed by atoms with Crippen LogP contribution in [-0.4, -0.2) is 55.6 Å². The van der Waals surface area contributed by atoms with Gasteiger partial charge in [0.2, 0.25) is 0 Å². The predicted octanol–water partition coefficient (Wildman–Crippen LogP) is 3.31. The monoisotopic (exact) mass is 398 g/mol. The van der Waals surface area contributed by atoms with Gasteiger partial charge in [0, 0.05) is 44.5 Å². The number of rotatable bonds is 6. The molecule has 8 nitrogen and oxygen atoms in total. The third kappa shape index (κ3) is 4.26. The summed E-state index contributed by atoms with van der Waals surface area (Å²) < 4.78 is 5.43. The SMILES string of the molecule is CCNc1cc(N2CCN(C(=O)c3cccc(C)c3OC)CC2)ccc1[N+](=O)[O-]. The Morgan fingerprint density at radius 3 is 2.55 bits per heavy atom. The lowest BCUT2D eigenvalue weighted by atomic mass is 10.1. The first kappa shape index (κ1) is 20.4. The van der Waals surface area contributed by atoms with Gasteiger partial charge in [0.05, 0.1) is 17.6 Å². The average Bonchev–Trinajstić information content (AvgIpc) is 2.73. The molecule has 0 spiro atoms. The molecule has 1 aliphatic heterocycles. The molecule has 0 aliphatic carbocycles. The van der Waals surface area contributed by atoms with Crippen molar-refractivity contribution in [3.05, 3.63) is 57.6 Å². The van der Waals surface area contributed by atoms with E-state index in [1.807, 2.05) is 36.9 Å². The molecular weight excluding hydrogens is 372 g/mol. The van der Waals surface area contributed by atoms with Crippen LogP contribution in [0.2, 0.25) is 0 Å². The van der Waals surface area contributed by atoms with Gasteiger partial charge in [0.1, 0.15) is 11.4 Å². The molecule has 3 rings (SSSR count). The Morgan fingerprint density at radius 2 is 1.93 bits per heavy atom. The van der Waals surface area contributed by atoms with Crippen molar-refractivity contribution in [1.29, 1.82) is 0 Å². The zero-order valence-corrected chi connectivity index (χ0v) is 17.0. The van der Waals surface area contributed by atoms with E-state index in [2.05, 4.69) is 10.2 Å². The molecule has 0 unspecified atom stereocenters. The standard InChI is InChI=1S/C21H26N4O4/c1-4-22-18-14-16(8-9-19(18)25(27)28)23-10-12-24(13-11-23)21(26)17-7-5-6-15(2)20(17)29-3/h5-9,14,22H,4,10-13H2,1-3H3. The summed E-state index contributed by atoms with van der Waals surface area (Å²) in [6.07, 6.45) is 0. The van der Waals surface area contributed by atoms with E-state index in [9.17, 15) is 14.9 Å². The van der Waals surface area contributed by atoms with E-state index in [4.69, 9.17) is 4.74 Å². The van der Waals surface area contributed by atoms with Gasteiger partial charge in [0.15, 0.2) is 0 Å². The number of nitro groups is 1. The fraction of sp³-hybridized carbons (Fsp3) is 0.381. The first-order valence-corrected chi connectivity index (χ1v) is 9.66. The van der Waals surface area contributed by atoms with Crippen molar-refractivity contribution in [3.8, 4) is 5.75 Å². The zero-order chi connectivity index (χ0) is 21.0. The number of aryl methyl sites for hydroxylation is 1. The lowest BCUT2D eigenvalue weighted by Crippen LogP contribution is -2.48. The van der Waals surface area contributed by atoms with Crippen LogP contribution in [0.15, 0.2) is 36.4 Å². The fourth-order valence-corrected chi connectivity index (χ4v) is 3.64. The minimum absolute atomic E-state index is 0.0396. The number of nitrogens with one attached hydrogen (secondary N) is 1. The van der Waals surface area contributed by atoms with E-state index < -0.39 is 0 Å². The molecule has 0 radical (unpaired) electrons. The van der Waals surface area contributed by atoms with Gasteiger partial charge in [-0.2, -0.15) is 0 Å². The fourth-order valence-electron chi connectivity index (χ4n) is 3.64. The minimum Gasteiger partial charge on any atom is -0.496 e. The molecule has 1 amide bonds. The molecule has 1 fully saturated rings. The van der Waals surface area contributed by atoms with E-state index in [0.29, 0.717) is 49.7 Å². The van der Waals surface area contributed by atoms with Crippen molar-refractivity contribution in [2.75, 3.05) is 50.1 Å². The summed E-state index contributed by atoms with van der Waals surface area (Å²) in [6.45, 7) is 6.88. The Hall–Kier alpha value is -3.29. The lowest BCUT2D eigenvalue weighted by Gasteiger charge is -2.36. The molecule has 8 heteroatoms. The number of anilines is 2. The second-order valence-electron chi connectivity index (χ2n) is 6.92. The highest BCUT2D eigenvalue weighted by molar-refractivity contribution is 5.97. The summed E-state index contributed by atoms with van der Waals surface area (Å²) in [7, 11) is 1.58. The van der Waals surface area contributed by atoms with Crippen molar-refractivity contribution in [2.24, 2.45) is 0 Å². The van der Waals surface area contributed by atoms with Crippen LogP contribution in [-0.2, 0) is 0 Å². The van der Waals surface area contributed by atoms with Crippen LogP contribution in [0.1, 0.15) is 22.8 Å². The van der Waals surface area contributed by atoms with Crippen LogP contribution >= 0.6 is 0 Å². The molecule has 0 aromatic heterocycles. The predicted molar refractivity (Wildman–Crippen MR) is 113 cm³/mol. The molecular formula is C21H26N4O4. The second-order valence-corrected chi connectivity index (χ2v) is 6.92. The number of piperazine rings is 1. The van der Waals surface area contributed by atoms with Crippen LogP contribution in [0.5, 0.6) is 5.75 Å². The van der Waals surface area contributed by atoms with Gasteiger partial charge in [-0.3, -0.25) is 14.9 Å². The molecule has 154 valence electrons. The van der Waals surface area contributed by atoms with E-state index in [-0.39, 0.29) is 16.5 Å². The van der Waals surface area contributed by atoms with Crippen LogP contribution in [0.25, 0.3) is 0 Å². The summed E-state index contributed by atoms with van der Waals surface area (Å²) in [5, 5.41) is 14.3. The van der Waals surface area contributed by atoms with Crippen LogP contribution in [0, 0.1) is 17.0 Å². The highest BCUT2D eigenvalue weighted by Crippen LogP contribution is 2.30. The number of carbonyl (C=O) groups is 1. The van der Waals surface area contributed by atoms with E-state index >= 15 is 0 Å². The summed E-state index contributed by atoms with van der Waals surface area (Å²) in [6, 6.07) is 10.7. The molecule has 1 N–H and O–H groups in total. The number of benzene rings is 2. The average molecular weight is 398 g/mol. The molecule has 0 saturated carbocycles. The third-order valence-electron chi connectivity index (χ3n) is 5.12. The smallest absolute Gasteiger partial charge is 0.292 e. The summed E-state index contributed by atoms with van der Waals surface area (Å²) in [5.41, 5.74) is 2.99. The summed E-state index contributed by atoms with van der Waals surface area (Å²) in [5.74, 6) is 0.577. The van der Waals surface area contributed by atoms with Crippen LogP contribution in [0.4, 0.5) is 17.1 Å². The van der Waals surface area contributed by atoms with E-state index in [1.165, 1.54) is 6.07 Å². The number of nitro benzene ring substituents is 1. The number of nitrogens with zero attached hydrogens (tertiary/aromatic N) is 3. The van der Waals surface area contributed by atoms with E-state index in [0.717, 1.165) is 11.3 Å². The maximum Gasteiger partial charge on any atom is 0.292 e. The summed E-state index contributed by atoms with van der Waals surface area (Å²) in [4.78, 5) is 27.8. The van der Waals surface area contributed by atoms with Gasteiger partial charge in [-0.25, -0.2) is 0 Å². The van der Waals surface area contributed by atoms with Gasteiger partial charge in [-0.05, 0) is 37.6 Å². The van der Waals surface area contributed by atoms with Crippen LogP contribution < -0.4 is 15.0 Å². The maximum absolute atomic E-state index is 13.0. The van der Waals surface area contributed by atoms with Crippen molar-refractivity contribution in [2.45, 2.75) is 13.8 Å².